The summed E-state index contributed by atoms with van der Waals surface area (Å²) in [5.41, 5.74) is 1.71. The molecule has 0 saturated carbocycles. The first kappa shape index (κ1) is 14.7. The molecule has 1 heterocycles. The van der Waals surface area contributed by atoms with Crippen LogP contribution in [0.5, 0.6) is 0 Å². The highest BCUT2D eigenvalue weighted by molar-refractivity contribution is 5.73. The summed E-state index contributed by atoms with van der Waals surface area (Å²) >= 11 is 0. The first-order valence-electron chi connectivity index (χ1n) is 6.68. The van der Waals surface area contributed by atoms with Crippen molar-refractivity contribution in [3.8, 4) is 0 Å². The van der Waals surface area contributed by atoms with Gasteiger partial charge in [-0.2, -0.15) is 0 Å². The van der Waals surface area contributed by atoms with Gasteiger partial charge in [-0.05, 0) is 25.5 Å². The number of benzene rings is 1. The molecule has 0 amide bonds. The molecule has 0 atom stereocenters. The van der Waals surface area contributed by atoms with Gasteiger partial charge >= 0.3 is 5.69 Å². The monoisotopic (exact) mass is 287 g/mol. The van der Waals surface area contributed by atoms with E-state index in [0.717, 1.165) is 17.7 Å². The van der Waals surface area contributed by atoms with Gasteiger partial charge in [-0.3, -0.25) is 10.1 Å². The number of anilines is 3. The smallest absolute Gasteiger partial charge is 0.353 e. The Morgan fingerprint density at radius 2 is 1.86 bits per heavy atom. The molecule has 7 heteroatoms. The van der Waals surface area contributed by atoms with Crippen LogP contribution in [0.1, 0.15) is 18.9 Å². The molecule has 110 valence electrons. The van der Waals surface area contributed by atoms with Crippen molar-refractivity contribution in [3.05, 3.63) is 46.3 Å². The fourth-order valence-corrected chi connectivity index (χ4v) is 1.79. The Balaban J connectivity index is 2.33. The predicted molar refractivity (Wildman–Crippen MR) is 81.9 cm³/mol. The molecule has 0 spiro atoms. The van der Waals surface area contributed by atoms with Gasteiger partial charge in [0.2, 0.25) is 11.6 Å². The summed E-state index contributed by atoms with van der Waals surface area (Å²) in [6, 6.07) is 7.54. The third-order valence-electron chi connectivity index (χ3n) is 2.86. The van der Waals surface area contributed by atoms with Gasteiger partial charge in [-0.15, -0.1) is 0 Å². The molecule has 1 aromatic carbocycles. The van der Waals surface area contributed by atoms with E-state index in [2.05, 4.69) is 20.6 Å². The Bertz CT molecular complexity index is 628. The second-order valence-corrected chi connectivity index (χ2v) is 4.59. The molecule has 2 N–H and O–H groups in total. The van der Waals surface area contributed by atoms with E-state index in [-0.39, 0.29) is 17.3 Å². The summed E-state index contributed by atoms with van der Waals surface area (Å²) in [5, 5.41) is 17.2. The minimum atomic E-state index is -0.478. The summed E-state index contributed by atoms with van der Waals surface area (Å²) in [4.78, 5) is 18.8. The van der Waals surface area contributed by atoms with Gasteiger partial charge < -0.3 is 10.6 Å². The largest absolute Gasteiger partial charge is 0.364 e. The molecule has 2 aromatic rings. The first-order chi connectivity index (χ1) is 10.1. The van der Waals surface area contributed by atoms with Gasteiger partial charge in [0, 0.05) is 12.2 Å². The zero-order valence-electron chi connectivity index (χ0n) is 12.0. The van der Waals surface area contributed by atoms with Crippen LogP contribution in [0, 0.1) is 17.0 Å². The van der Waals surface area contributed by atoms with Gasteiger partial charge in [0.25, 0.3) is 0 Å². The maximum Gasteiger partial charge on any atom is 0.353 e. The lowest BCUT2D eigenvalue weighted by molar-refractivity contribution is -0.383. The lowest BCUT2D eigenvalue weighted by Crippen LogP contribution is -2.08. The molecule has 7 nitrogen and oxygen atoms in total. The molecule has 0 aliphatic rings. The number of aryl methyl sites for hydroxylation is 1. The van der Waals surface area contributed by atoms with Crippen molar-refractivity contribution < 1.29 is 4.92 Å². The highest BCUT2D eigenvalue weighted by atomic mass is 16.6. The molecule has 21 heavy (non-hydrogen) atoms. The molecule has 0 aliphatic carbocycles. The van der Waals surface area contributed by atoms with E-state index < -0.39 is 4.92 Å². The van der Waals surface area contributed by atoms with E-state index in [1.807, 2.05) is 38.1 Å². The minimum Gasteiger partial charge on any atom is -0.364 e. The molecular formula is C14H17N5O2. The number of nitrogens with one attached hydrogen (secondary N) is 2. The number of hydrogen-bond acceptors (Lipinski definition) is 6. The van der Waals surface area contributed by atoms with Crippen LogP contribution in [0.3, 0.4) is 0 Å². The predicted octanol–water partition coefficient (Wildman–Crippen LogP) is 3.26. The van der Waals surface area contributed by atoms with E-state index in [0.29, 0.717) is 6.54 Å². The fourth-order valence-electron chi connectivity index (χ4n) is 1.79. The summed E-state index contributed by atoms with van der Waals surface area (Å²) in [6.07, 6.45) is 2.16. The van der Waals surface area contributed by atoms with Crippen LogP contribution in [-0.4, -0.2) is 21.4 Å². The molecule has 2 rings (SSSR count). The molecule has 0 bridgehead atoms. The first-order valence-corrected chi connectivity index (χ1v) is 6.68. The van der Waals surface area contributed by atoms with Crippen molar-refractivity contribution in [2.75, 3.05) is 17.2 Å². The average Bonchev–Trinajstić information content (AvgIpc) is 2.47. The van der Waals surface area contributed by atoms with Crippen LogP contribution < -0.4 is 10.6 Å². The molecule has 0 aliphatic heterocycles. The third-order valence-corrected chi connectivity index (χ3v) is 2.86. The Hall–Kier alpha value is -2.70. The molecule has 0 saturated heterocycles. The van der Waals surface area contributed by atoms with E-state index in [1.54, 1.807) is 0 Å². The lowest BCUT2D eigenvalue weighted by Gasteiger charge is -2.09. The summed E-state index contributed by atoms with van der Waals surface area (Å²) in [5.74, 6) is 0.406. The van der Waals surface area contributed by atoms with E-state index in [9.17, 15) is 10.1 Å². The normalized spacial score (nSPS) is 10.2. The van der Waals surface area contributed by atoms with Crippen molar-refractivity contribution in [3.63, 3.8) is 0 Å². The third kappa shape index (κ3) is 3.65. The summed E-state index contributed by atoms with van der Waals surface area (Å²) < 4.78 is 0. The van der Waals surface area contributed by atoms with E-state index in [1.165, 1.54) is 6.33 Å². The van der Waals surface area contributed by atoms with Crippen molar-refractivity contribution in [1.82, 2.24) is 9.97 Å². The van der Waals surface area contributed by atoms with Crippen LogP contribution in [0.2, 0.25) is 0 Å². The quantitative estimate of drug-likeness (QED) is 0.625. The van der Waals surface area contributed by atoms with Gasteiger partial charge in [-0.25, -0.2) is 9.97 Å². The maximum absolute atomic E-state index is 11.3. The second-order valence-electron chi connectivity index (χ2n) is 4.59. The number of hydrogen-bond donors (Lipinski definition) is 2. The number of rotatable bonds is 6. The van der Waals surface area contributed by atoms with Crippen molar-refractivity contribution in [2.24, 2.45) is 0 Å². The topological polar surface area (TPSA) is 93.0 Å². The standard InChI is InChI=1S/C14H17N5O2/c1-3-8-15-13-12(19(20)21)14(17-9-16-13)18-11-6-4-10(2)5-7-11/h4-7,9H,3,8H2,1-2H3,(H2,15,16,17,18). The van der Waals surface area contributed by atoms with Crippen LogP contribution in [-0.2, 0) is 0 Å². The highest BCUT2D eigenvalue weighted by Gasteiger charge is 2.22. The Labute approximate surface area is 122 Å². The van der Waals surface area contributed by atoms with Gasteiger partial charge in [0.15, 0.2) is 0 Å². The fraction of sp³-hybridized carbons (Fsp3) is 0.286. The number of nitro groups is 1. The van der Waals surface area contributed by atoms with Crippen LogP contribution >= 0.6 is 0 Å². The second kappa shape index (κ2) is 6.65. The molecule has 0 fully saturated rings. The van der Waals surface area contributed by atoms with Crippen molar-refractivity contribution in [1.29, 1.82) is 0 Å². The Kier molecular flexibility index (Phi) is 4.65. The van der Waals surface area contributed by atoms with E-state index >= 15 is 0 Å². The maximum atomic E-state index is 11.3. The van der Waals surface area contributed by atoms with Crippen molar-refractivity contribution in [2.45, 2.75) is 20.3 Å². The van der Waals surface area contributed by atoms with Crippen LogP contribution in [0.15, 0.2) is 30.6 Å². The lowest BCUT2D eigenvalue weighted by atomic mass is 10.2. The van der Waals surface area contributed by atoms with Gasteiger partial charge in [0.1, 0.15) is 6.33 Å². The van der Waals surface area contributed by atoms with Gasteiger partial charge in [-0.1, -0.05) is 24.6 Å². The van der Waals surface area contributed by atoms with E-state index in [4.69, 9.17) is 0 Å². The average molecular weight is 287 g/mol. The zero-order chi connectivity index (χ0) is 15.2. The van der Waals surface area contributed by atoms with Crippen LogP contribution in [0.25, 0.3) is 0 Å². The summed E-state index contributed by atoms with van der Waals surface area (Å²) in [6.45, 7) is 4.57. The summed E-state index contributed by atoms with van der Waals surface area (Å²) in [7, 11) is 0. The Morgan fingerprint density at radius 1 is 1.19 bits per heavy atom. The molecular weight excluding hydrogens is 270 g/mol. The molecule has 1 aromatic heterocycles. The van der Waals surface area contributed by atoms with Crippen molar-refractivity contribution >= 4 is 23.0 Å². The molecule has 0 unspecified atom stereocenters. The Morgan fingerprint density at radius 3 is 2.48 bits per heavy atom. The molecule has 0 radical (unpaired) electrons. The number of nitrogens with zero attached hydrogens (tertiary/aromatic N) is 3. The number of aromatic nitrogens is 2. The SMILES string of the molecule is CCCNc1ncnc(Nc2ccc(C)cc2)c1[N+](=O)[O-]. The zero-order valence-corrected chi connectivity index (χ0v) is 12.0. The minimum absolute atomic E-state index is 0.147. The van der Waals surface area contributed by atoms with Gasteiger partial charge in [0.05, 0.1) is 4.92 Å². The van der Waals surface area contributed by atoms with Crippen LogP contribution in [0.4, 0.5) is 23.0 Å². The highest BCUT2D eigenvalue weighted by Crippen LogP contribution is 2.30.